The van der Waals surface area contributed by atoms with Crippen LogP contribution in [0.3, 0.4) is 0 Å². The highest BCUT2D eigenvalue weighted by molar-refractivity contribution is 6.74. The molecule has 2 aliphatic rings. The van der Waals surface area contributed by atoms with Crippen molar-refractivity contribution in [2.24, 2.45) is 5.92 Å². The van der Waals surface area contributed by atoms with Crippen LogP contribution in [0.25, 0.3) is 0 Å². The molecule has 134 valence electrons. The first-order valence-electron chi connectivity index (χ1n) is 9.22. The van der Waals surface area contributed by atoms with Gasteiger partial charge in [0.15, 0.2) is 8.32 Å². The van der Waals surface area contributed by atoms with Gasteiger partial charge >= 0.3 is 0 Å². The second-order valence-corrected chi connectivity index (χ2v) is 13.6. The molecule has 3 rings (SSSR count). The summed E-state index contributed by atoms with van der Waals surface area (Å²) in [6.45, 7) is 13.7. The van der Waals surface area contributed by atoms with Crippen molar-refractivity contribution < 1.29 is 13.9 Å². The van der Waals surface area contributed by atoms with Crippen molar-refractivity contribution in [3.05, 3.63) is 35.4 Å². The molecule has 2 fully saturated rings. The lowest BCUT2D eigenvalue weighted by molar-refractivity contribution is 0.00692. The Morgan fingerprint density at radius 1 is 1.12 bits per heavy atom. The van der Waals surface area contributed by atoms with Crippen molar-refractivity contribution in [2.45, 2.75) is 77.2 Å². The zero-order chi connectivity index (χ0) is 17.4. The highest BCUT2D eigenvalue weighted by atomic mass is 28.4. The number of ether oxygens (including phenoxy) is 2. The Hall–Kier alpha value is -0.683. The Bertz CT molecular complexity index is 544. The van der Waals surface area contributed by atoms with Gasteiger partial charge in [-0.1, -0.05) is 45.0 Å². The van der Waals surface area contributed by atoms with Crippen LogP contribution in [0, 0.1) is 5.92 Å². The van der Waals surface area contributed by atoms with Crippen LogP contribution in [0.2, 0.25) is 18.1 Å². The molecule has 4 heteroatoms. The third-order valence-electron chi connectivity index (χ3n) is 5.76. The quantitative estimate of drug-likeness (QED) is 0.494. The molecule has 0 N–H and O–H groups in total. The molecular formula is C20H32O3Si. The lowest BCUT2D eigenvalue weighted by atomic mass is 10.1. The summed E-state index contributed by atoms with van der Waals surface area (Å²) >= 11 is 0. The molecule has 24 heavy (non-hydrogen) atoms. The Labute approximate surface area is 147 Å². The van der Waals surface area contributed by atoms with E-state index in [4.69, 9.17) is 13.9 Å². The smallest absolute Gasteiger partial charge is 0.192 e. The third kappa shape index (κ3) is 4.48. The molecule has 1 saturated carbocycles. The van der Waals surface area contributed by atoms with Crippen molar-refractivity contribution in [3.8, 4) is 0 Å². The van der Waals surface area contributed by atoms with Gasteiger partial charge in [-0.2, -0.15) is 0 Å². The van der Waals surface area contributed by atoms with Gasteiger partial charge in [-0.3, -0.25) is 0 Å². The maximum absolute atomic E-state index is 6.41. The molecule has 1 saturated heterocycles. The van der Waals surface area contributed by atoms with Crippen LogP contribution in [-0.4, -0.2) is 27.1 Å². The van der Waals surface area contributed by atoms with Crippen molar-refractivity contribution >= 4 is 8.32 Å². The Balaban J connectivity index is 1.60. The average Bonchev–Trinajstić information content (AvgIpc) is 3.38. The minimum atomic E-state index is -1.73. The molecule has 0 radical (unpaired) electrons. The van der Waals surface area contributed by atoms with E-state index in [2.05, 4.69) is 58.1 Å². The van der Waals surface area contributed by atoms with Crippen LogP contribution in [-0.2, 0) is 27.1 Å². The first-order chi connectivity index (χ1) is 11.3. The summed E-state index contributed by atoms with van der Waals surface area (Å²) in [5.41, 5.74) is 2.51. The van der Waals surface area contributed by atoms with Crippen molar-refractivity contribution in [3.63, 3.8) is 0 Å². The summed E-state index contributed by atoms with van der Waals surface area (Å²) < 4.78 is 18.1. The monoisotopic (exact) mass is 348 g/mol. The fourth-order valence-corrected chi connectivity index (χ4v) is 3.67. The van der Waals surface area contributed by atoms with Gasteiger partial charge in [-0.15, -0.1) is 0 Å². The highest BCUT2D eigenvalue weighted by Gasteiger charge is 2.43. The predicted molar refractivity (Wildman–Crippen MR) is 99.5 cm³/mol. The largest absolute Gasteiger partial charge is 0.413 e. The summed E-state index contributed by atoms with van der Waals surface area (Å²) in [4.78, 5) is 0. The summed E-state index contributed by atoms with van der Waals surface area (Å²) in [6.07, 6.45) is 3.22. The van der Waals surface area contributed by atoms with Gasteiger partial charge in [0, 0.05) is 0 Å². The van der Waals surface area contributed by atoms with Crippen molar-refractivity contribution in [2.75, 3.05) is 6.61 Å². The lowest BCUT2D eigenvalue weighted by Gasteiger charge is -2.36. The fraction of sp³-hybridized carbons (Fsp3) is 0.700. The third-order valence-corrected chi connectivity index (χ3v) is 10.2. The SMILES string of the molecule is CC(C)(C)[Si](C)(C)OCc1ccccc1CO[C@@H](C1CC1)[C@H]1CO1. The summed E-state index contributed by atoms with van der Waals surface area (Å²) in [5.74, 6) is 0.716. The van der Waals surface area contributed by atoms with Gasteiger partial charge in [0.05, 0.1) is 25.9 Å². The van der Waals surface area contributed by atoms with E-state index >= 15 is 0 Å². The Kier molecular flexibility index (Phi) is 5.21. The maximum atomic E-state index is 6.41. The van der Waals surface area contributed by atoms with Crippen LogP contribution >= 0.6 is 0 Å². The number of benzene rings is 1. The van der Waals surface area contributed by atoms with Crippen molar-refractivity contribution in [1.82, 2.24) is 0 Å². The van der Waals surface area contributed by atoms with Crippen LogP contribution in [0.1, 0.15) is 44.7 Å². The van der Waals surface area contributed by atoms with Gasteiger partial charge in [0.1, 0.15) is 6.10 Å². The maximum Gasteiger partial charge on any atom is 0.192 e. The molecule has 0 spiro atoms. The number of rotatable bonds is 8. The second kappa shape index (κ2) is 6.91. The van der Waals surface area contributed by atoms with Gasteiger partial charge in [-0.25, -0.2) is 0 Å². The summed E-state index contributed by atoms with van der Waals surface area (Å²) in [5, 5.41) is 0.235. The van der Waals surface area contributed by atoms with E-state index in [1.807, 2.05) is 0 Å². The molecule has 0 bridgehead atoms. The minimum Gasteiger partial charge on any atom is -0.413 e. The summed E-state index contributed by atoms with van der Waals surface area (Å²) in [7, 11) is -1.73. The molecule has 2 atom stereocenters. The van der Waals surface area contributed by atoms with Gasteiger partial charge in [0.25, 0.3) is 0 Å². The molecule has 0 unspecified atom stereocenters. The van der Waals surface area contributed by atoms with Gasteiger partial charge in [-0.05, 0) is 48.0 Å². The number of epoxide rings is 1. The van der Waals surface area contributed by atoms with E-state index in [1.54, 1.807) is 0 Å². The van der Waals surface area contributed by atoms with E-state index in [1.165, 1.54) is 24.0 Å². The van der Waals surface area contributed by atoms with Crippen molar-refractivity contribution in [1.29, 1.82) is 0 Å². The predicted octanol–water partition coefficient (Wildman–Crippen LogP) is 4.90. The van der Waals surface area contributed by atoms with Crippen LogP contribution in [0.5, 0.6) is 0 Å². The second-order valence-electron chi connectivity index (χ2n) is 8.80. The molecule has 1 aliphatic carbocycles. The molecule has 1 aromatic rings. The molecule has 0 aromatic heterocycles. The van der Waals surface area contributed by atoms with E-state index in [0.717, 1.165) is 6.61 Å². The van der Waals surface area contributed by atoms with E-state index in [9.17, 15) is 0 Å². The average molecular weight is 349 g/mol. The van der Waals surface area contributed by atoms with Crippen LogP contribution in [0.4, 0.5) is 0 Å². The highest BCUT2D eigenvalue weighted by Crippen LogP contribution is 2.40. The topological polar surface area (TPSA) is 31.0 Å². The lowest BCUT2D eigenvalue weighted by Crippen LogP contribution is -2.40. The first-order valence-corrected chi connectivity index (χ1v) is 12.1. The molecule has 1 aliphatic heterocycles. The zero-order valence-electron chi connectivity index (χ0n) is 15.8. The van der Waals surface area contributed by atoms with E-state index < -0.39 is 8.32 Å². The number of hydrogen-bond donors (Lipinski definition) is 0. The summed E-state index contributed by atoms with van der Waals surface area (Å²) in [6, 6.07) is 8.53. The Morgan fingerprint density at radius 2 is 1.71 bits per heavy atom. The van der Waals surface area contributed by atoms with Gasteiger partial charge < -0.3 is 13.9 Å². The molecule has 1 heterocycles. The molecule has 1 aromatic carbocycles. The van der Waals surface area contributed by atoms with E-state index in [0.29, 0.717) is 31.3 Å². The Morgan fingerprint density at radius 3 is 2.21 bits per heavy atom. The first kappa shape index (κ1) is 18.1. The normalized spacial score (nSPS) is 22.5. The number of hydrogen-bond acceptors (Lipinski definition) is 3. The minimum absolute atomic E-state index is 0.235. The standard InChI is InChI=1S/C20H32O3Si/c1-20(2,3)24(4,5)23-13-17-9-7-6-8-16(17)12-22-19(15-10-11-15)18-14-21-18/h6-9,15,18-19H,10-14H2,1-5H3/t18-,19+/m1/s1. The van der Waals surface area contributed by atoms with Gasteiger partial charge in [0.2, 0.25) is 0 Å². The van der Waals surface area contributed by atoms with E-state index in [-0.39, 0.29) is 5.04 Å². The van der Waals surface area contributed by atoms with Crippen LogP contribution < -0.4 is 0 Å². The molecule has 0 amide bonds. The zero-order valence-corrected chi connectivity index (χ0v) is 16.8. The molecule has 3 nitrogen and oxygen atoms in total. The van der Waals surface area contributed by atoms with Crippen LogP contribution in [0.15, 0.2) is 24.3 Å². The fourth-order valence-electron chi connectivity index (χ4n) is 2.72. The molecular weight excluding hydrogens is 316 g/mol.